The Morgan fingerprint density at radius 1 is 1.26 bits per heavy atom. The predicted octanol–water partition coefficient (Wildman–Crippen LogP) is 3.59. The summed E-state index contributed by atoms with van der Waals surface area (Å²) < 4.78 is 5.72. The van der Waals surface area contributed by atoms with Gasteiger partial charge in [-0.15, -0.1) is 6.58 Å². The largest absolute Gasteiger partial charge is 0.508 e. The lowest BCUT2D eigenvalue weighted by Crippen LogP contribution is -2.43. The fourth-order valence-corrected chi connectivity index (χ4v) is 2.36. The van der Waals surface area contributed by atoms with Crippen LogP contribution in [0.3, 0.4) is 0 Å². The van der Waals surface area contributed by atoms with Crippen molar-refractivity contribution < 1.29 is 19.7 Å². The molecule has 4 nitrogen and oxygen atoms in total. The van der Waals surface area contributed by atoms with E-state index < -0.39 is 11.6 Å². The third kappa shape index (κ3) is 4.13. The zero-order valence-corrected chi connectivity index (χ0v) is 13.0. The quantitative estimate of drug-likeness (QED) is 0.767. The number of allylic oxidation sites excluding steroid dienone is 1. The number of phenols is 1. The second-order valence-electron chi connectivity index (χ2n) is 5.58. The first kappa shape index (κ1) is 16.6. The smallest absolute Gasteiger partial charge is 0.348 e. The molecule has 2 N–H and O–H groups in total. The lowest BCUT2D eigenvalue weighted by Gasteiger charge is -2.26. The number of aromatic hydroxyl groups is 1. The Morgan fingerprint density at radius 3 is 2.57 bits per heavy atom. The van der Waals surface area contributed by atoms with Crippen molar-refractivity contribution in [1.29, 1.82) is 0 Å². The highest BCUT2D eigenvalue weighted by molar-refractivity contribution is 5.78. The van der Waals surface area contributed by atoms with Gasteiger partial charge in [-0.2, -0.15) is 0 Å². The van der Waals surface area contributed by atoms with E-state index in [9.17, 15) is 15.0 Å². The number of ether oxygens (including phenoxy) is 1. The van der Waals surface area contributed by atoms with E-state index in [2.05, 4.69) is 6.58 Å². The SMILES string of the molecule is C=CCc1cc(CC(C)(Oc2ccccc2)C(=O)O)ccc1O. The van der Waals surface area contributed by atoms with Crippen molar-refractivity contribution in [3.8, 4) is 11.5 Å². The average Bonchev–Trinajstić information content (AvgIpc) is 2.51. The molecule has 0 saturated carbocycles. The van der Waals surface area contributed by atoms with E-state index in [4.69, 9.17) is 4.74 Å². The van der Waals surface area contributed by atoms with Crippen LogP contribution >= 0.6 is 0 Å². The van der Waals surface area contributed by atoms with Gasteiger partial charge in [0.2, 0.25) is 5.60 Å². The minimum Gasteiger partial charge on any atom is -0.508 e. The van der Waals surface area contributed by atoms with E-state index in [0.29, 0.717) is 17.7 Å². The van der Waals surface area contributed by atoms with Gasteiger partial charge in [-0.1, -0.05) is 36.4 Å². The fraction of sp³-hybridized carbons (Fsp3) is 0.211. The minimum absolute atomic E-state index is 0.176. The Kier molecular flexibility index (Phi) is 5.06. The number of hydrogen-bond acceptors (Lipinski definition) is 3. The highest BCUT2D eigenvalue weighted by atomic mass is 16.5. The molecule has 1 unspecified atom stereocenters. The second kappa shape index (κ2) is 7.01. The summed E-state index contributed by atoms with van der Waals surface area (Å²) in [7, 11) is 0. The van der Waals surface area contributed by atoms with Crippen molar-refractivity contribution in [1.82, 2.24) is 0 Å². The van der Waals surface area contributed by atoms with Crippen LogP contribution in [-0.4, -0.2) is 21.8 Å². The summed E-state index contributed by atoms with van der Waals surface area (Å²) in [5.41, 5.74) is 0.0921. The number of rotatable bonds is 7. The summed E-state index contributed by atoms with van der Waals surface area (Å²) in [5, 5.41) is 19.4. The molecule has 2 aromatic carbocycles. The lowest BCUT2D eigenvalue weighted by molar-refractivity contribution is -0.153. The molecule has 0 heterocycles. The van der Waals surface area contributed by atoms with Crippen molar-refractivity contribution in [3.05, 3.63) is 72.3 Å². The maximum Gasteiger partial charge on any atom is 0.348 e. The Balaban J connectivity index is 2.27. The molecule has 0 saturated heterocycles. The van der Waals surface area contributed by atoms with Crippen molar-refractivity contribution in [2.75, 3.05) is 0 Å². The van der Waals surface area contributed by atoms with Crippen LogP contribution in [0.2, 0.25) is 0 Å². The molecule has 23 heavy (non-hydrogen) atoms. The molecule has 120 valence electrons. The van der Waals surface area contributed by atoms with Gasteiger partial charge in [0.25, 0.3) is 0 Å². The van der Waals surface area contributed by atoms with Crippen LogP contribution in [0.1, 0.15) is 18.1 Å². The van der Waals surface area contributed by atoms with Gasteiger partial charge in [-0.05, 0) is 42.7 Å². The molecule has 0 bridgehead atoms. The maximum absolute atomic E-state index is 11.7. The predicted molar refractivity (Wildman–Crippen MR) is 88.8 cm³/mol. The number of carbonyl (C=O) groups is 1. The molecule has 2 rings (SSSR count). The summed E-state index contributed by atoms with van der Waals surface area (Å²) in [6, 6.07) is 13.9. The highest BCUT2D eigenvalue weighted by Crippen LogP contribution is 2.26. The summed E-state index contributed by atoms with van der Waals surface area (Å²) in [6.45, 7) is 5.20. The van der Waals surface area contributed by atoms with Crippen LogP contribution in [0.25, 0.3) is 0 Å². The summed E-state index contributed by atoms with van der Waals surface area (Å²) in [5.74, 6) is -0.364. The van der Waals surface area contributed by atoms with Gasteiger partial charge in [-0.25, -0.2) is 4.79 Å². The number of hydrogen-bond donors (Lipinski definition) is 2. The number of carboxylic acids is 1. The first-order chi connectivity index (χ1) is 10.9. The summed E-state index contributed by atoms with van der Waals surface area (Å²) in [4.78, 5) is 11.7. The van der Waals surface area contributed by atoms with E-state index in [1.54, 1.807) is 55.5 Å². The van der Waals surface area contributed by atoms with Crippen LogP contribution in [0.15, 0.2) is 61.2 Å². The molecule has 2 aromatic rings. The van der Waals surface area contributed by atoms with Crippen LogP contribution < -0.4 is 4.74 Å². The molecule has 0 radical (unpaired) electrons. The molecule has 0 amide bonds. The van der Waals surface area contributed by atoms with Gasteiger partial charge in [0.15, 0.2) is 0 Å². The molecule has 0 fully saturated rings. The maximum atomic E-state index is 11.7. The van der Waals surface area contributed by atoms with E-state index in [1.165, 1.54) is 0 Å². The van der Waals surface area contributed by atoms with Gasteiger partial charge < -0.3 is 14.9 Å². The molecule has 0 aliphatic rings. The number of aliphatic carboxylic acids is 1. The van der Waals surface area contributed by atoms with Gasteiger partial charge in [0.1, 0.15) is 11.5 Å². The zero-order chi connectivity index (χ0) is 16.9. The van der Waals surface area contributed by atoms with Crippen LogP contribution in [0.5, 0.6) is 11.5 Å². The van der Waals surface area contributed by atoms with Gasteiger partial charge in [0.05, 0.1) is 0 Å². The molecule has 0 spiro atoms. The van der Waals surface area contributed by atoms with Crippen LogP contribution in [0.4, 0.5) is 0 Å². The third-order valence-electron chi connectivity index (χ3n) is 3.59. The second-order valence-corrected chi connectivity index (χ2v) is 5.58. The normalized spacial score (nSPS) is 13.1. The topological polar surface area (TPSA) is 66.8 Å². The van der Waals surface area contributed by atoms with Gasteiger partial charge in [-0.3, -0.25) is 0 Å². The van der Waals surface area contributed by atoms with E-state index in [-0.39, 0.29) is 12.2 Å². The summed E-state index contributed by atoms with van der Waals surface area (Å²) in [6.07, 6.45) is 2.39. The van der Waals surface area contributed by atoms with E-state index in [0.717, 1.165) is 5.56 Å². The Labute approximate surface area is 135 Å². The van der Waals surface area contributed by atoms with Gasteiger partial charge >= 0.3 is 5.97 Å². The molecule has 0 aliphatic carbocycles. The first-order valence-corrected chi connectivity index (χ1v) is 7.34. The standard InChI is InChI=1S/C19H20O4/c1-3-7-15-12-14(10-11-17(15)20)13-19(2,18(21)22)23-16-8-5-4-6-9-16/h3-6,8-12,20H,1,7,13H2,2H3,(H,21,22). The molecule has 0 aliphatic heterocycles. The Hall–Kier alpha value is -2.75. The van der Waals surface area contributed by atoms with Crippen LogP contribution in [-0.2, 0) is 17.6 Å². The van der Waals surface area contributed by atoms with Crippen molar-refractivity contribution in [2.45, 2.75) is 25.4 Å². The van der Waals surface area contributed by atoms with E-state index in [1.807, 2.05) is 6.07 Å². The Morgan fingerprint density at radius 2 is 1.96 bits per heavy atom. The van der Waals surface area contributed by atoms with Gasteiger partial charge in [0, 0.05) is 6.42 Å². The third-order valence-corrected chi connectivity index (χ3v) is 3.59. The van der Waals surface area contributed by atoms with Crippen molar-refractivity contribution in [2.24, 2.45) is 0 Å². The number of phenolic OH excluding ortho intramolecular Hbond substituents is 1. The number of benzene rings is 2. The lowest BCUT2D eigenvalue weighted by atomic mass is 9.94. The van der Waals surface area contributed by atoms with Crippen molar-refractivity contribution in [3.63, 3.8) is 0 Å². The molecular formula is C19H20O4. The fourth-order valence-electron chi connectivity index (χ4n) is 2.36. The average molecular weight is 312 g/mol. The number of carboxylic acid groups (broad SMARTS) is 1. The Bertz CT molecular complexity index is 694. The van der Waals surface area contributed by atoms with E-state index >= 15 is 0 Å². The monoisotopic (exact) mass is 312 g/mol. The highest BCUT2D eigenvalue weighted by Gasteiger charge is 2.36. The zero-order valence-electron chi connectivity index (χ0n) is 13.0. The molecule has 0 aromatic heterocycles. The summed E-state index contributed by atoms with van der Waals surface area (Å²) >= 11 is 0. The number of para-hydroxylation sites is 1. The molecular weight excluding hydrogens is 292 g/mol. The first-order valence-electron chi connectivity index (χ1n) is 7.34. The molecule has 1 atom stereocenters. The minimum atomic E-state index is -1.40. The molecule has 4 heteroatoms. The van der Waals surface area contributed by atoms with Crippen molar-refractivity contribution >= 4 is 5.97 Å². The van der Waals surface area contributed by atoms with Crippen LogP contribution in [0, 0.1) is 0 Å².